The van der Waals surface area contributed by atoms with Gasteiger partial charge in [0.25, 0.3) is 0 Å². The fourth-order valence-corrected chi connectivity index (χ4v) is 2.55. The highest BCUT2D eigenvalue weighted by Gasteiger charge is 2.15. The zero-order valence-electron chi connectivity index (χ0n) is 14.0. The zero-order valence-corrected chi connectivity index (χ0v) is 14.0. The van der Waals surface area contributed by atoms with Crippen LogP contribution in [0.15, 0.2) is 67.0 Å². The molecule has 3 aromatic rings. The lowest BCUT2D eigenvalue weighted by molar-refractivity contribution is 0.0891. The normalized spacial score (nSPS) is 10.4. The first-order valence-corrected chi connectivity index (χ1v) is 8.10. The van der Waals surface area contributed by atoms with Crippen LogP contribution in [0, 0.1) is 6.92 Å². The first kappa shape index (κ1) is 16.7. The van der Waals surface area contributed by atoms with E-state index in [-0.39, 0.29) is 18.0 Å². The molecule has 2 heterocycles. The summed E-state index contributed by atoms with van der Waals surface area (Å²) in [5.74, 6) is -0.455. The summed E-state index contributed by atoms with van der Waals surface area (Å²) in [6, 6.07) is 16.6. The molecule has 0 spiro atoms. The van der Waals surface area contributed by atoms with E-state index in [0.717, 1.165) is 16.8 Å². The molecule has 0 N–H and O–H groups in total. The summed E-state index contributed by atoms with van der Waals surface area (Å²) in [4.78, 5) is 32.9. The van der Waals surface area contributed by atoms with Crippen LogP contribution in [0.5, 0.6) is 0 Å². The largest absolute Gasteiger partial charge is 0.294 e. The Morgan fingerprint density at radius 1 is 0.880 bits per heavy atom. The van der Waals surface area contributed by atoms with Gasteiger partial charge < -0.3 is 0 Å². The second kappa shape index (κ2) is 7.62. The molecule has 0 amide bonds. The number of nitrogens with zero attached hydrogens (tertiary/aromatic N) is 2. The molecule has 0 aliphatic rings. The van der Waals surface area contributed by atoms with E-state index in [9.17, 15) is 9.59 Å². The van der Waals surface area contributed by atoms with Gasteiger partial charge in [0.2, 0.25) is 0 Å². The summed E-state index contributed by atoms with van der Waals surface area (Å²) in [6.07, 6.45) is 3.88. The van der Waals surface area contributed by atoms with Gasteiger partial charge in [0, 0.05) is 30.1 Å². The fraction of sp³-hybridized carbons (Fsp3) is 0.143. The van der Waals surface area contributed by atoms with Gasteiger partial charge in [-0.25, -0.2) is 0 Å². The van der Waals surface area contributed by atoms with Crippen LogP contribution in [0.1, 0.15) is 44.1 Å². The summed E-state index contributed by atoms with van der Waals surface area (Å²) in [5, 5.41) is 0. The van der Waals surface area contributed by atoms with Crippen molar-refractivity contribution >= 4 is 11.6 Å². The average Bonchev–Trinajstić information content (AvgIpc) is 2.63. The summed E-state index contributed by atoms with van der Waals surface area (Å²) < 4.78 is 0. The molecule has 0 saturated carbocycles. The Bertz CT molecular complexity index is 887. The maximum Gasteiger partial charge on any atom is 0.188 e. The van der Waals surface area contributed by atoms with Crippen molar-refractivity contribution < 1.29 is 9.59 Å². The van der Waals surface area contributed by atoms with Crippen molar-refractivity contribution in [1.29, 1.82) is 0 Å². The van der Waals surface area contributed by atoms with E-state index < -0.39 is 0 Å². The van der Waals surface area contributed by atoms with Crippen molar-refractivity contribution in [3.8, 4) is 0 Å². The second-order valence-electron chi connectivity index (χ2n) is 5.94. The van der Waals surface area contributed by atoms with Crippen LogP contribution in [-0.4, -0.2) is 21.5 Å². The van der Waals surface area contributed by atoms with Crippen molar-refractivity contribution in [3.63, 3.8) is 0 Å². The zero-order chi connectivity index (χ0) is 17.6. The van der Waals surface area contributed by atoms with Crippen LogP contribution in [0.2, 0.25) is 0 Å². The number of Topliss-reactive ketones (excluding diaryl/α,β-unsaturated/α-hetero) is 2. The number of ketones is 2. The summed E-state index contributed by atoms with van der Waals surface area (Å²) in [7, 11) is 0. The van der Waals surface area contributed by atoms with Crippen molar-refractivity contribution in [2.24, 2.45) is 0 Å². The monoisotopic (exact) mass is 330 g/mol. The lowest BCUT2D eigenvalue weighted by atomic mass is 10.0. The third kappa shape index (κ3) is 4.44. The quantitative estimate of drug-likeness (QED) is 0.509. The molecule has 0 saturated heterocycles. The third-order valence-corrected chi connectivity index (χ3v) is 3.91. The molecular formula is C21H18N2O2. The van der Waals surface area contributed by atoms with Gasteiger partial charge in [-0.1, -0.05) is 30.3 Å². The summed E-state index contributed by atoms with van der Waals surface area (Å²) in [5.41, 5.74) is 3.86. The Morgan fingerprint density at radius 3 is 2.36 bits per heavy atom. The smallest absolute Gasteiger partial charge is 0.188 e. The third-order valence-electron chi connectivity index (χ3n) is 3.91. The van der Waals surface area contributed by atoms with E-state index in [1.54, 1.807) is 30.6 Å². The van der Waals surface area contributed by atoms with Gasteiger partial charge in [-0.2, -0.15) is 0 Å². The van der Waals surface area contributed by atoms with E-state index in [0.29, 0.717) is 17.7 Å². The molecule has 0 unspecified atom stereocenters. The number of hydrogen-bond acceptors (Lipinski definition) is 4. The molecule has 0 bridgehead atoms. The molecule has 124 valence electrons. The van der Waals surface area contributed by atoms with Gasteiger partial charge in [-0.05, 0) is 42.3 Å². The minimum Gasteiger partial charge on any atom is -0.294 e. The van der Waals surface area contributed by atoms with E-state index in [1.807, 2.05) is 43.3 Å². The van der Waals surface area contributed by atoms with Gasteiger partial charge in [0.1, 0.15) is 5.69 Å². The minimum atomic E-state index is -0.258. The predicted octanol–water partition coefficient (Wildman–Crippen LogP) is 3.83. The van der Waals surface area contributed by atoms with Gasteiger partial charge >= 0.3 is 0 Å². The van der Waals surface area contributed by atoms with E-state index in [4.69, 9.17) is 0 Å². The molecule has 0 atom stereocenters. The number of aromatic nitrogens is 2. The Hall–Kier alpha value is -3.14. The molecule has 0 aliphatic carbocycles. The van der Waals surface area contributed by atoms with Gasteiger partial charge in [0.15, 0.2) is 11.6 Å². The maximum atomic E-state index is 12.3. The van der Waals surface area contributed by atoms with E-state index in [2.05, 4.69) is 9.97 Å². The summed E-state index contributed by atoms with van der Waals surface area (Å²) >= 11 is 0. The van der Waals surface area contributed by atoms with E-state index in [1.165, 1.54) is 0 Å². The molecule has 0 radical (unpaired) electrons. The molecular weight excluding hydrogens is 312 g/mol. The van der Waals surface area contributed by atoms with Gasteiger partial charge in [-0.3, -0.25) is 19.6 Å². The Kier molecular flexibility index (Phi) is 5.09. The molecule has 4 nitrogen and oxygen atoms in total. The number of carbonyl (C=O) groups excluding carboxylic acids is 2. The number of aryl methyl sites for hydroxylation is 1. The minimum absolute atomic E-state index is 0.171. The lowest BCUT2D eigenvalue weighted by Crippen LogP contribution is -2.10. The van der Waals surface area contributed by atoms with Crippen molar-refractivity contribution in [3.05, 3.63) is 95.1 Å². The number of carbonyl (C=O) groups is 2. The molecule has 1 aromatic carbocycles. The summed E-state index contributed by atoms with van der Waals surface area (Å²) in [6.45, 7) is 1.89. The first-order valence-electron chi connectivity index (χ1n) is 8.10. The Labute approximate surface area is 146 Å². The second-order valence-corrected chi connectivity index (χ2v) is 5.94. The van der Waals surface area contributed by atoms with Gasteiger partial charge in [-0.15, -0.1) is 0 Å². The molecule has 0 fully saturated rings. The molecule has 25 heavy (non-hydrogen) atoms. The molecule has 3 rings (SSSR count). The highest BCUT2D eigenvalue weighted by molar-refractivity contribution is 6.12. The lowest BCUT2D eigenvalue weighted by Gasteiger charge is -2.04. The van der Waals surface area contributed by atoms with Crippen LogP contribution >= 0.6 is 0 Å². The highest BCUT2D eigenvalue weighted by atomic mass is 16.1. The van der Waals surface area contributed by atoms with Crippen molar-refractivity contribution in [2.45, 2.75) is 19.8 Å². The SMILES string of the molecule is Cc1ccnc(C(=O)CC(=O)c2ccc(Cc3ccccn3)cc2)c1. The molecule has 0 aliphatic heterocycles. The van der Waals surface area contributed by atoms with E-state index >= 15 is 0 Å². The van der Waals surface area contributed by atoms with Crippen molar-refractivity contribution in [1.82, 2.24) is 9.97 Å². The van der Waals surface area contributed by atoms with Crippen LogP contribution < -0.4 is 0 Å². The molecule has 2 aromatic heterocycles. The predicted molar refractivity (Wildman–Crippen MR) is 95.7 cm³/mol. The van der Waals surface area contributed by atoms with Crippen LogP contribution in [0.3, 0.4) is 0 Å². The maximum absolute atomic E-state index is 12.3. The number of hydrogen-bond donors (Lipinski definition) is 0. The average molecular weight is 330 g/mol. The van der Waals surface area contributed by atoms with Crippen LogP contribution in [0.4, 0.5) is 0 Å². The highest BCUT2D eigenvalue weighted by Crippen LogP contribution is 2.12. The topological polar surface area (TPSA) is 59.9 Å². The Morgan fingerprint density at radius 2 is 1.68 bits per heavy atom. The number of rotatable bonds is 6. The molecule has 4 heteroatoms. The number of pyridine rings is 2. The number of benzene rings is 1. The van der Waals surface area contributed by atoms with Crippen molar-refractivity contribution in [2.75, 3.05) is 0 Å². The fourth-order valence-electron chi connectivity index (χ4n) is 2.55. The first-order chi connectivity index (χ1) is 12.1. The van der Waals surface area contributed by atoms with Crippen LogP contribution in [0.25, 0.3) is 0 Å². The standard InChI is InChI=1S/C21H18N2O2/c1-15-9-11-23-19(12-15)21(25)14-20(24)17-7-5-16(6-8-17)13-18-4-2-3-10-22-18/h2-12H,13-14H2,1H3. The van der Waals surface area contributed by atoms with Gasteiger partial charge in [0.05, 0.1) is 6.42 Å². The van der Waals surface area contributed by atoms with Crippen LogP contribution in [-0.2, 0) is 6.42 Å². The Balaban J connectivity index is 1.65.